The number of ether oxygens (including phenoxy) is 1. The Morgan fingerprint density at radius 3 is 2.61 bits per heavy atom. The number of nitrogens with zero attached hydrogens (tertiary/aromatic N) is 2. The van der Waals surface area contributed by atoms with E-state index in [2.05, 4.69) is 10.2 Å². The van der Waals surface area contributed by atoms with Crippen molar-refractivity contribution in [3.63, 3.8) is 0 Å². The molecule has 9 heteroatoms. The highest BCUT2D eigenvalue weighted by Crippen LogP contribution is 2.34. The first-order valence-corrected chi connectivity index (χ1v) is 11.8. The summed E-state index contributed by atoms with van der Waals surface area (Å²) in [6.45, 7) is 5.22. The first-order chi connectivity index (χ1) is 13.2. The van der Waals surface area contributed by atoms with Gasteiger partial charge in [-0.2, -0.15) is 0 Å². The van der Waals surface area contributed by atoms with Crippen LogP contribution in [0.1, 0.15) is 32.6 Å². The first kappa shape index (κ1) is 22.8. The second-order valence-electron chi connectivity index (χ2n) is 7.10. The van der Waals surface area contributed by atoms with Crippen LogP contribution >= 0.6 is 11.6 Å². The first-order valence-electron chi connectivity index (χ1n) is 9.57. The van der Waals surface area contributed by atoms with Crippen molar-refractivity contribution in [3.8, 4) is 5.75 Å². The van der Waals surface area contributed by atoms with Crippen LogP contribution in [0.25, 0.3) is 0 Å². The van der Waals surface area contributed by atoms with Crippen LogP contribution in [0.15, 0.2) is 18.2 Å². The zero-order valence-electron chi connectivity index (χ0n) is 16.8. The van der Waals surface area contributed by atoms with Crippen molar-refractivity contribution in [1.29, 1.82) is 0 Å². The van der Waals surface area contributed by atoms with Crippen molar-refractivity contribution < 1.29 is 17.9 Å². The fourth-order valence-electron chi connectivity index (χ4n) is 3.46. The summed E-state index contributed by atoms with van der Waals surface area (Å²) in [6.07, 6.45) is 5.65. The maximum atomic E-state index is 12.6. The van der Waals surface area contributed by atoms with Crippen molar-refractivity contribution in [3.05, 3.63) is 23.2 Å². The molecule has 1 N–H and O–H groups in total. The number of piperidine rings is 1. The van der Waals surface area contributed by atoms with Crippen molar-refractivity contribution >= 4 is 33.2 Å². The fraction of sp³-hybridized carbons (Fsp3) is 0.632. The molecule has 1 fully saturated rings. The largest absolute Gasteiger partial charge is 0.495 e. The van der Waals surface area contributed by atoms with Gasteiger partial charge in [0.05, 0.1) is 19.1 Å². The Morgan fingerprint density at radius 1 is 1.32 bits per heavy atom. The SMILES string of the molecule is COc1ccc(Cl)cc1N([C@@H](C)C(=O)NCCCN1CCCCC1)S(C)(=O)=O. The second-order valence-corrected chi connectivity index (χ2v) is 9.39. The van der Waals surface area contributed by atoms with E-state index in [9.17, 15) is 13.2 Å². The third kappa shape index (κ3) is 6.25. The van der Waals surface area contributed by atoms with Gasteiger partial charge in [-0.1, -0.05) is 18.0 Å². The standard InChI is InChI=1S/C19H30ClN3O4S/c1-15(19(24)21-10-7-13-22-11-5-4-6-12-22)23(28(3,25)26)17-14-16(20)8-9-18(17)27-2/h8-9,14-15H,4-7,10-13H2,1-3H3,(H,21,24)/t15-/m0/s1. The molecule has 28 heavy (non-hydrogen) atoms. The number of hydrogen-bond donors (Lipinski definition) is 1. The van der Waals surface area contributed by atoms with Gasteiger partial charge in [0.2, 0.25) is 15.9 Å². The fourth-order valence-corrected chi connectivity index (χ4v) is 4.80. The van der Waals surface area contributed by atoms with Gasteiger partial charge in [0, 0.05) is 11.6 Å². The van der Waals surface area contributed by atoms with Crippen molar-refractivity contribution in [2.45, 2.75) is 38.6 Å². The summed E-state index contributed by atoms with van der Waals surface area (Å²) in [7, 11) is -2.29. The molecule has 0 unspecified atom stereocenters. The number of rotatable bonds is 9. The number of anilines is 1. The number of nitrogens with one attached hydrogen (secondary N) is 1. The molecule has 0 aromatic heterocycles. The summed E-state index contributed by atoms with van der Waals surface area (Å²) < 4.78 is 31.2. The van der Waals surface area contributed by atoms with Crippen LogP contribution in [0.2, 0.25) is 5.02 Å². The predicted octanol–water partition coefficient (Wildman–Crippen LogP) is 2.50. The number of sulfonamides is 1. The molecule has 0 radical (unpaired) electrons. The number of amides is 1. The number of carbonyl (C=O) groups is 1. The third-order valence-corrected chi connectivity index (χ3v) is 6.33. The van der Waals surface area contributed by atoms with Crippen LogP contribution in [0, 0.1) is 0 Å². The lowest BCUT2D eigenvalue weighted by atomic mass is 10.1. The number of benzene rings is 1. The zero-order valence-corrected chi connectivity index (χ0v) is 18.4. The molecule has 0 bridgehead atoms. The lowest BCUT2D eigenvalue weighted by molar-refractivity contribution is -0.121. The molecule has 1 aromatic rings. The Morgan fingerprint density at radius 2 is 2.00 bits per heavy atom. The molecule has 1 amide bonds. The molecule has 2 rings (SSSR count). The van der Waals surface area contributed by atoms with E-state index >= 15 is 0 Å². The normalized spacial score (nSPS) is 16.4. The summed E-state index contributed by atoms with van der Waals surface area (Å²) >= 11 is 6.05. The molecule has 158 valence electrons. The average Bonchev–Trinajstić information content (AvgIpc) is 2.65. The average molecular weight is 432 g/mol. The van der Waals surface area contributed by atoms with Gasteiger partial charge < -0.3 is 15.0 Å². The third-order valence-electron chi connectivity index (χ3n) is 4.87. The highest BCUT2D eigenvalue weighted by Gasteiger charge is 2.31. The topological polar surface area (TPSA) is 79.0 Å². The van der Waals surface area contributed by atoms with Crippen LogP contribution in [-0.2, 0) is 14.8 Å². The number of halogens is 1. The van der Waals surface area contributed by atoms with Gasteiger partial charge in [-0.05, 0) is 64.0 Å². The van der Waals surface area contributed by atoms with Crippen molar-refractivity contribution in [2.75, 3.05) is 43.8 Å². The Kier molecular flexibility index (Phi) is 8.39. The molecule has 1 heterocycles. The van der Waals surface area contributed by atoms with Crippen LogP contribution in [0.3, 0.4) is 0 Å². The maximum Gasteiger partial charge on any atom is 0.243 e. The highest BCUT2D eigenvalue weighted by molar-refractivity contribution is 7.92. The van der Waals surface area contributed by atoms with E-state index in [4.69, 9.17) is 16.3 Å². The molecule has 1 aromatic carbocycles. The Bertz CT molecular complexity index is 766. The van der Waals surface area contributed by atoms with Crippen LogP contribution in [0.5, 0.6) is 5.75 Å². The van der Waals surface area contributed by atoms with E-state index < -0.39 is 16.1 Å². The van der Waals surface area contributed by atoms with Crippen molar-refractivity contribution in [1.82, 2.24) is 10.2 Å². The predicted molar refractivity (Wildman–Crippen MR) is 113 cm³/mol. The molecule has 0 aliphatic carbocycles. The number of hydrogen-bond acceptors (Lipinski definition) is 5. The van der Waals surface area contributed by atoms with E-state index in [-0.39, 0.29) is 11.6 Å². The molecular formula is C19H30ClN3O4S. The molecular weight excluding hydrogens is 402 g/mol. The van der Waals surface area contributed by atoms with E-state index in [0.717, 1.165) is 36.6 Å². The molecule has 1 aliphatic heterocycles. The summed E-state index contributed by atoms with van der Waals surface area (Å²) in [5.41, 5.74) is 0.244. The Hall–Kier alpha value is -1.51. The molecule has 0 spiro atoms. The smallest absolute Gasteiger partial charge is 0.243 e. The van der Waals surface area contributed by atoms with Gasteiger partial charge in [-0.15, -0.1) is 0 Å². The lowest BCUT2D eigenvalue weighted by Gasteiger charge is -2.30. The summed E-state index contributed by atoms with van der Waals surface area (Å²) in [5, 5.41) is 3.21. The molecule has 1 aliphatic rings. The van der Waals surface area contributed by atoms with Gasteiger partial charge in [-0.25, -0.2) is 8.42 Å². The van der Waals surface area contributed by atoms with Gasteiger partial charge in [0.15, 0.2) is 0 Å². The van der Waals surface area contributed by atoms with Crippen LogP contribution in [0.4, 0.5) is 5.69 Å². The Balaban J connectivity index is 2.03. The van der Waals surface area contributed by atoms with Gasteiger partial charge in [0.1, 0.15) is 11.8 Å². The van der Waals surface area contributed by atoms with Crippen LogP contribution < -0.4 is 14.4 Å². The van der Waals surface area contributed by atoms with Crippen LogP contribution in [-0.4, -0.2) is 64.8 Å². The summed E-state index contributed by atoms with van der Waals surface area (Å²) in [6, 6.07) is 3.74. The van der Waals surface area contributed by atoms with Gasteiger partial charge in [-0.3, -0.25) is 9.10 Å². The lowest BCUT2D eigenvalue weighted by Crippen LogP contribution is -2.48. The van der Waals surface area contributed by atoms with E-state index in [1.54, 1.807) is 19.1 Å². The van der Waals surface area contributed by atoms with E-state index in [0.29, 0.717) is 17.3 Å². The number of carbonyl (C=O) groups excluding carboxylic acids is 1. The van der Waals surface area contributed by atoms with E-state index in [1.807, 2.05) is 0 Å². The minimum atomic E-state index is -3.73. The number of likely N-dealkylation sites (tertiary alicyclic amines) is 1. The minimum Gasteiger partial charge on any atom is -0.495 e. The minimum absolute atomic E-state index is 0.244. The molecule has 1 atom stereocenters. The van der Waals surface area contributed by atoms with Crippen molar-refractivity contribution in [2.24, 2.45) is 0 Å². The van der Waals surface area contributed by atoms with Gasteiger partial charge in [0.25, 0.3) is 0 Å². The molecule has 1 saturated heterocycles. The number of methoxy groups -OCH3 is 1. The Labute approximate surface area is 173 Å². The van der Waals surface area contributed by atoms with Gasteiger partial charge >= 0.3 is 0 Å². The quantitative estimate of drug-likeness (QED) is 0.608. The summed E-state index contributed by atoms with van der Waals surface area (Å²) in [5.74, 6) is -0.0225. The zero-order chi connectivity index (χ0) is 20.7. The summed E-state index contributed by atoms with van der Waals surface area (Å²) in [4.78, 5) is 15.0. The van der Waals surface area contributed by atoms with E-state index in [1.165, 1.54) is 32.4 Å². The maximum absolute atomic E-state index is 12.6. The second kappa shape index (κ2) is 10.3. The molecule has 7 nitrogen and oxygen atoms in total. The molecule has 0 saturated carbocycles. The monoisotopic (exact) mass is 431 g/mol. The highest BCUT2D eigenvalue weighted by atomic mass is 35.5.